The monoisotopic (exact) mass is 273 g/mol. The number of hydrogen-bond donors (Lipinski definition) is 2. The molecule has 1 saturated heterocycles. The van der Waals surface area contributed by atoms with Gasteiger partial charge in [0.05, 0.1) is 29.4 Å². The first-order valence-corrected chi connectivity index (χ1v) is 6.97. The highest BCUT2D eigenvalue weighted by molar-refractivity contribution is 5.80. The highest BCUT2D eigenvalue weighted by Crippen LogP contribution is 2.20. The van der Waals surface area contributed by atoms with E-state index in [1.807, 2.05) is 19.1 Å². The zero-order valence-corrected chi connectivity index (χ0v) is 11.6. The van der Waals surface area contributed by atoms with Gasteiger partial charge >= 0.3 is 0 Å². The van der Waals surface area contributed by atoms with Gasteiger partial charge in [0.1, 0.15) is 0 Å². The molecule has 5 heteroatoms. The zero-order valence-electron chi connectivity index (χ0n) is 11.6. The van der Waals surface area contributed by atoms with Crippen LogP contribution in [0.5, 0.6) is 0 Å². The van der Waals surface area contributed by atoms with Crippen molar-refractivity contribution in [2.24, 2.45) is 0 Å². The van der Waals surface area contributed by atoms with Crippen LogP contribution in [0, 0.1) is 6.92 Å². The maximum Gasteiger partial charge on any atom is 0.261 e. The van der Waals surface area contributed by atoms with Crippen LogP contribution in [-0.2, 0) is 6.54 Å². The van der Waals surface area contributed by atoms with Crippen molar-refractivity contribution in [1.29, 1.82) is 0 Å². The Morgan fingerprint density at radius 3 is 2.90 bits per heavy atom. The van der Waals surface area contributed by atoms with Crippen molar-refractivity contribution in [1.82, 2.24) is 14.9 Å². The van der Waals surface area contributed by atoms with Gasteiger partial charge in [0.25, 0.3) is 5.56 Å². The zero-order chi connectivity index (χ0) is 14.2. The molecule has 106 valence electrons. The average molecular weight is 273 g/mol. The molecule has 0 unspecified atom stereocenters. The smallest absolute Gasteiger partial charge is 0.261 e. The predicted molar refractivity (Wildman–Crippen MR) is 77.8 cm³/mol. The van der Waals surface area contributed by atoms with Crippen molar-refractivity contribution in [3.63, 3.8) is 0 Å². The van der Waals surface area contributed by atoms with Gasteiger partial charge in [0, 0.05) is 0 Å². The Morgan fingerprint density at radius 1 is 1.40 bits per heavy atom. The lowest BCUT2D eigenvalue weighted by atomic mass is 9.92. The van der Waals surface area contributed by atoms with Crippen LogP contribution in [0.15, 0.2) is 29.3 Å². The van der Waals surface area contributed by atoms with Crippen LogP contribution in [-0.4, -0.2) is 33.3 Å². The Morgan fingerprint density at radius 2 is 2.15 bits per heavy atom. The van der Waals surface area contributed by atoms with Gasteiger partial charge in [-0.3, -0.25) is 9.36 Å². The molecule has 1 aromatic heterocycles. The Hall–Kier alpha value is -1.72. The number of nitrogens with zero attached hydrogens (tertiary/aromatic N) is 2. The highest BCUT2D eigenvalue weighted by atomic mass is 16.3. The van der Waals surface area contributed by atoms with Crippen molar-refractivity contribution < 1.29 is 5.11 Å². The van der Waals surface area contributed by atoms with Gasteiger partial charge in [-0.15, -0.1) is 0 Å². The first-order valence-electron chi connectivity index (χ1n) is 6.97. The lowest BCUT2D eigenvalue weighted by Crippen LogP contribution is -2.46. The van der Waals surface area contributed by atoms with Crippen molar-refractivity contribution >= 4 is 10.9 Å². The normalized spacial score (nSPS) is 18.3. The van der Waals surface area contributed by atoms with Crippen LogP contribution in [0.4, 0.5) is 0 Å². The van der Waals surface area contributed by atoms with E-state index >= 15 is 0 Å². The predicted octanol–water partition coefficient (Wildman–Crippen LogP) is 0.819. The summed E-state index contributed by atoms with van der Waals surface area (Å²) in [6.45, 7) is 3.82. The third-order valence-electron chi connectivity index (χ3n) is 4.05. The molecule has 3 rings (SSSR count). The number of nitrogens with one attached hydrogen (secondary N) is 1. The third kappa shape index (κ3) is 2.34. The van der Waals surface area contributed by atoms with E-state index in [4.69, 9.17) is 0 Å². The fourth-order valence-corrected chi connectivity index (χ4v) is 2.82. The number of rotatable bonds is 2. The van der Waals surface area contributed by atoms with Gasteiger partial charge in [0.2, 0.25) is 0 Å². The number of para-hydroxylation sites is 1. The first-order chi connectivity index (χ1) is 9.59. The molecule has 20 heavy (non-hydrogen) atoms. The molecular weight excluding hydrogens is 254 g/mol. The number of fused-ring (bicyclic) bond motifs is 1. The van der Waals surface area contributed by atoms with Gasteiger partial charge in [-0.1, -0.05) is 12.1 Å². The van der Waals surface area contributed by atoms with Crippen LogP contribution < -0.4 is 10.9 Å². The fourth-order valence-electron chi connectivity index (χ4n) is 2.82. The van der Waals surface area contributed by atoms with E-state index in [9.17, 15) is 9.90 Å². The summed E-state index contributed by atoms with van der Waals surface area (Å²) in [6, 6.07) is 5.60. The molecule has 0 amide bonds. The van der Waals surface area contributed by atoms with Crippen LogP contribution in [0.25, 0.3) is 10.9 Å². The molecule has 0 spiro atoms. The van der Waals surface area contributed by atoms with Crippen LogP contribution in [0.3, 0.4) is 0 Å². The molecule has 1 fully saturated rings. The summed E-state index contributed by atoms with van der Waals surface area (Å²) >= 11 is 0. The van der Waals surface area contributed by atoms with Gasteiger partial charge in [-0.05, 0) is 44.5 Å². The second-order valence-electron chi connectivity index (χ2n) is 5.62. The minimum Gasteiger partial charge on any atom is -0.388 e. The van der Waals surface area contributed by atoms with Crippen molar-refractivity contribution in [3.05, 3.63) is 40.4 Å². The molecule has 0 aliphatic carbocycles. The van der Waals surface area contributed by atoms with E-state index < -0.39 is 5.60 Å². The summed E-state index contributed by atoms with van der Waals surface area (Å²) in [7, 11) is 0. The highest BCUT2D eigenvalue weighted by Gasteiger charge is 2.30. The number of aryl methyl sites for hydroxylation is 1. The van der Waals surface area contributed by atoms with Crippen molar-refractivity contribution in [3.8, 4) is 0 Å². The molecule has 5 nitrogen and oxygen atoms in total. The summed E-state index contributed by atoms with van der Waals surface area (Å²) in [5.41, 5.74) is 0.845. The molecule has 1 aliphatic heterocycles. The maximum absolute atomic E-state index is 12.5. The molecule has 0 bridgehead atoms. The lowest BCUT2D eigenvalue weighted by Gasteiger charge is -2.32. The van der Waals surface area contributed by atoms with Crippen LogP contribution in [0.1, 0.15) is 18.4 Å². The van der Waals surface area contributed by atoms with E-state index in [0.29, 0.717) is 24.8 Å². The number of aliphatic hydroxyl groups is 1. The molecule has 2 aromatic rings. The van der Waals surface area contributed by atoms with E-state index in [2.05, 4.69) is 10.3 Å². The van der Waals surface area contributed by atoms with Crippen LogP contribution >= 0.6 is 0 Å². The molecule has 0 saturated carbocycles. The molecule has 0 radical (unpaired) electrons. The Balaban J connectivity index is 2.00. The van der Waals surface area contributed by atoms with E-state index in [1.165, 1.54) is 4.57 Å². The summed E-state index contributed by atoms with van der Waals surface area (Å²) in [6.07, 6.45) is 2.87. The van der Waals surface area contributed by atoms with Crippen molar-refractivity contribution in [2.75, 3.05) is 13.1 Å². The van der Waals surface area contributed by atoms with Gasteiger partial charge in [0.15, 0.2) is 0 Å². The second kappa shape index (κ2) is 5.00. The number of piperidine rings is 1. The Bertz CT molecular complexity index is 687. The van der Waals surface area contributed by atoms with Crippen LogP contribution in [0.2, 0.25) is 0 Å². The molecular formula is C15H19N3O2. The molecule has 2 heterocycles. The number of benzene rings is 1. The van der Waals surface area contributed by atoms with Gasteiger partial charge in [-0.25, -0.2) is 4.98 Å². The van der Waals surface area contributed by atoms with E-state index in [1.54, 1.807) is 12.4 Å². The molecule has 1 aromatic carbocycles. The SMILES string of the molecule is Cc1cccc2c(=O)n(CC3(O)CCNCC3)cnc12. The van der Waals surface area contributed by atoms with E-state index in [-0.39, 0.29) is 5.56 Å². The second-order valence-corrected chi connectivity index (χ2v) is 5.62. The lowest BCUT2D eigenvalue weighted by molar-refractivity contribution is -0.00627. The molecule has 1 aliphatic rings. The molecule has 2 N–H and O–H groups in total. The minimum atomic E-state index is -0.811. The standard InChI is InChI=1S/C15H19N3O2/c1-11-3-2-4-12-13(11)17-10-18(14(12)19)9-15(20)5-7-16-8-6-15/h2-4,10,16,20H,5-9H2,1H3. The summed E-state index contributed by atoms with van der Waals surface area (Å²) in [5.74, 6) is 0. The third-order valence-corrected chi connectivity index (χ3v) is 4.05. The Kier molecular flexibility index (Phi) is 3.31. The number of aromatic nitrogens is 2. The minimum absolute atomic E-state index is 0.0781. The molecule has 0 atom stereocenters. The fraction of sp³-hybridized carbons (Fsp3) is 0.467. The van der Waals surface area contributed by atoms with Crippen molar-refractivity contribution in [2.45, 2.75) is 31.9 Å². The van der Waals surface area contributed by atoms with Gasteiger partial charge < -0.3 is 10.4 Å². The first kappa shape index (κ1) is 13.3. The largest absolute Gasteiger partial charge is 0.388 e. The quantitative estimate of drug-likeness (QED) is 0.850. The summed E-state index contributed by atoms with van der Waals surface area (Å²) in [5, 5.41) is 14.4. The average Bonchev–Trinajstić information content (AvgIpc) is 2.43. The summed E-state index contributed by atoms with van der Waals surface area (Å²) in [4.78, 5) is 16.9. The topological polar surface area (TPSA) is 67.2 Å². The number of hydrogen-bond acceptors (Lipinski definition) is 4. The maximum atomic E-state index is 12.5. The summed E-state index contributed by atoms with van der Waals surface area (Å²) < 4.78 is 1.53. The van der Waals surface area contributed by atoms with E-state index in [0.717, 1.165) is 24.2 Å². The Labute approximate surface area is 117 Å². The van der Waals surface area contributed by atoms with Gasteiger partial charge in [-0.2, -0.15) is 0 Å².